The predicted octanol–water partition coefficient (Wildman–Crippen LogP) is 4.32. The maximum Gasteiger partial charge on any atom is 0.115 e. The van der Waals surface area contributed by atoms with Crippen LogP contribution in [-0.4, -0.2) is 11.3 Å². The Morgan fingerprint density at radius 1 is 0.783 bits per heavy atom. The van der Waals surface area contributed by atoms with Crippen molar-refractivity contribution < 1.29 is 5.11 Å². The summed E-state index contributed by atoms with van der Waals surface area (Å²) in [6.45, 7) is 0. The highest BCUT2D eigenvalue weighted by Crippen LogP contribution is 2.17. The van der Waals surface area contributed by atoms with E-state index in [-0.39, 0.29) is 5.75 Å². The highest BCUT2D eigenvalue weighted by Gasteiger charge is 1.97. The Kier molecular flexibility index (Phi) is 4.39. The second kappa shape index (κ2) is 6.79. The first-order chi connectivity index (χ1) is 11.2. The van der Waals surface area contributed by atoms with Crippen molar-refractivity contribution in [3.05, 3.63) is 89.5 Å². The molecule has 0 aliphatic carbocycles. The molecule has 0 aromatic heterocycles. The fourth-order valence-electron chi connectivity index (χ4n) is 2.28. The first-order valence-electron chi connectivity index (χ1n) is 7.45. The number of nitrogen functional groups attached to an aromatic ring is 1. The first-order valence-corrected chi connectivity index (χ1v) is 7.45. The van der Waals surface area contributed by atoms with E-state index in [1.165, 1.54) is 11.1 Å². The van der Waals surface area contributed by atoms with E-state index in [1.807, 2.05) is 48.5 Å². The van der Waals surface area contributed by atoms with Crippen LogP contribution >= 0.6 is 0 Å². The van der Waals surface area contributed by atoms with Crippen molar-refractivity contribution in [1.29, 1.82) is 0 Å². The third-order valence-electron chi connectivity index (χ3n) is 3.58. The van der Waals surface area contributed by atoms with Crippen LogP contribution in [0.5, 0.6) is 5.75 Å². The number of benzene rings is 3. The number of rotatable bonds is 4. The summed E-state index contributed by atoms with van der Waals surface area (Å²) in [7, 11) is 0. The zero-order valence-electron chi connectivity index (χ0n) is 12.7. The number of phenols is 1. The Bertz CT molecular complexity index is 789. The first kappa shape index (κ1) is 14.9. The summed E-state index contributed by atoms with van der Waals surface area (Å²) in [5, 5.41) is 9.26. The average Bonchev–Trinajstić information content (AvgIpc) is 2.58. The molecule has 3 aromatic rings. The molecule has 0 spiro atoms. The van der Waals surface area contributed by atoms with Crippen molar-refractivity contribution in [2.24, 2.45) is 4.99 Å². The minimum atomic E-state index is 0.258. The Balaban J connectivity index is 1.67. The van der Waals surface area contributed by atoms with Gasteiger partial charge in [0.25, 0.3) is 0 Å². The Morgan fingerprint density at radius 3 is 1.96 bits per heavy atom. The summed E-state index contributed by atoms with van der Waals surface area (Å²) in [4.78, 5) is 4.44. The molecule has 0 aliphatic heterocycles. The van der Waals surface area contributed by atoms with Gasteiger partial charge < -0.3 is 10.8 Å². The summed E-state index contributed by atoms with van der Waals surface area (Å²) >= 11 is 0. The molecule has 0 bridgehead atoms. The predicted molar refractivity (Wildman–Crippen MR) is 95.5 cm³/mol. The van der Waals surface area contributed by atoms with Gasteiger partial charge in [0.15, 0.2) is 0 Å². The van der Waals surface area contributed by atoms with Gasteiger partial charge in [-0.15, -0.1) is 0 Å². The van der Waals surface area contributed by atoms with Gasteiger partial charge in [-0.25, -0.2) is 0 Å². The molecule has 3 aromatic carbocycles. The topological polar surface area (TPSA) is 58.6 Å². The molecule has 0 unspecified atom stereocenters. The molecule has 23 heavy (non-hydrogen) atoms. The number of anilines is 1. The summed E-state index contributed by atoms with van der Waals surface area (Å²) in [6, 6.07) is 23.1. The van der Waals surface area contributed by atoms with E-state index < -0.39 is 0 Å². The molecule has 3 rings (SSSR count). The van der Waals surface area contributed by atoms with Crippen molar-refractivity contribution in [3.63, 3.8) is 0 Å². The molecule has 0 saturated carbocycles. The van der Waals surface area contributed by atoms with E-state index in [4.69, 9.17) is 5.73 Å². The Labute approximate surface area is 135 Å². The number of aromatic hydroxyl groups is 1. The van der Waals surface area contributed by atoms with Gasteiger partial charge >= 0.3 is 0 Å². The van der Waals surface area contributed by atoms with Crippen LogP contribution in [0.25, 0.3) is 0 Å². The third-order valence-corrected chi connectivity index (χ3v) is 3.58. The van der Waals surface area contributed by atoms with Gasteiger partial charge in [0, 0.05) is 11.9 Å². The summed E-state index contributed by atoms with van der Waals surface area (Å²) in [6.07, 6.45) is 2.66. The van der Waals surface area contributed by atoms with E-state index in [0.717, 1.165) is 23.4 Å². The number of nitrogens with zero attached hydrogens (tertiary/aromatic N) is 1. The van der Waals surface area contributed by atoms with Crippen LogP contribution in [0.1, 0.15) is 16.7 Å². The molecule has 0 radical (unpaired) electrons. The zero-order chi connectivity index (χ0) is 16.1. The number of nitrogens with two attached hydrogens (primary N) is 1. The number of phenolic OH excluding ortho intramolecular Hbond substituents is 1. The van der Waals surface area contributed by atoms with E-state index in [2.05, 4.69) is 17.1 Å². The fourth-order valence-corrected chi connectivity index (χ4v) is 2.28. The van der Waals surface area contributed by atoms with Crippen molar-refractivity contribution in [1.82, 2.24) is 0 Å². The average molecular weight is 302 g/mol. The highest BCUT2D eigenvalue weighted by molar-refractivity contribution is 5.82. The number of aliphatic imine (C=N–C) groups is 1. The normalized spacial score (nSPS) is 11.0. The second-order valence-corrected chi connectivity index (χ2v) is 5.43. The molecule has 0 saturated heterocycles. The molecular weight excluding hydrogens is 284 g/mol. The smallest absolute Gasteiger partial charge is 0.115 e. The fraction of sp³-hybridized carbons (Fsp3) is 0.0500. The molecule has 114 valence electrons. The lowest BCUT2D eigenvalue weighted by Gasteiger charge is -2.03. The monoisotopic (exact) mass is 302 g/mol. The molecule has 0 amide bonds. The lowest BCUT2D eigenvalue weighted by Crippen LogP contribution is -1.89. The van der Waals surface area contributed by atoms with E-state index in [9.17, 15) is 5.11 Å². The minimum absolute atomic E-state index is 0.258. The van der Waals surface area contributed by atoms with Crippen LogP contribution in [0.4, 0.5) is 11.4 Å². The van der Waals surface area contributed by atoms with E-state index in [0.29, 0.717) is 0 Å². The zero-order valence-corrected chi connectivity index (χ0v) is 12.7. The molecule has 3 nitrogen and oxygen atoms in total. The van der Waals surface area contributed by atoms with Crippen molar-refractivity contribution in [3.8, 4) is 5.75 Å². The van der Waals surface area contributed by atoms with Gasteiger partial charge in [-0.3, -0.25) is 4.99 Å². The van der Waals surface area contributed by atoms with Gasteiger partial charge in [0.2, 0.25) is 0 Å². The van der Waals surface area contributed by atoms with Gasteiger partial charge in [0.1, 0.15) is 5.75 Å². The van der Waals surface area contributed by atoms with Gasteiger partial charge in [0.05, 0.1) is 5.69 Å². The Hall–Kier alpha value is -3.07. The Morgan fingerprint density at radius 2 is 1.35 bits per heavy atom. The van der Waals surface area contributed by atoms with Gasteiger partial charge in [-0.1, -0.05) is 24.3 Å². The number of hydrogen-bond donors (Lipinski definition) is 2. The van der Waals surface area contributed by atoms with Crippen LogP contribution in [-0.2, 0) is 6.42 Å². The molecule has 3 N–H and O–H groups in total. The molecule has 0 atom stereocenters. The maximum atomic E-state index is 9.26. The van der Waals surface area contributed by atoms with Crippen LogP contribution in [0, 0.1) is 0 Å². The van der Waals surface area contributed by atoms with Gasteiger partial charge in [-0.2, -0.15) is 0 Å². The lowest BCUT2D eigenvalue weighted by molar-refractivity contribution is 0.475. The highest BCUT2D eigenvalue weighted by atomic mass is 16.3. The molecule has 3 heteroatoms. The minimum Gasteiger partial charge on any atom is -0.508 e. The number of hydrogen-bond acceptors (Lipinski definition) is 3. The molecule has 0 heterocycles. The largest absolute Gasteiger partial charge is 0.508 e. The SMILES string of the molecule is Nc1ccc(Cc2ccc(N=Cc3ccc(O)cc3)cc2)cc1. The van der Waals surface area contributed by atoms with Gasteiger partial charge in [-0.05, 0) is 71.6 Å². The van der Waals surface area contributed by atoms with E-state index >= 15 is 0 Å². The quantitative estimate of drug-likeness (QED) is 0.557. The molecule has 0 fully saturated rings. The lowest BCUT2D eigenvalue weighted by atomic mass is 10.0. The van der Waals surface area contributed by atoms with E-state index in [1.54, 1.807) is 18.3 Å². The summed E-state index contributed by atoms with van der Waals surface area (Å²) in [5.41, 5.74) is 10.8. The van der Waals surface area contributed by atoms with Crippen molar-refractivity contribution in [2.75, 3.05) is 5.73 Å². The van der Waals surface area contributed by atoms with Crippen molar-refractivity contribution in [2.45, 2.75) is 6.42 Å². The maximum absolute atomic E-state index is 9.26. The third kappa shape index (κ3) is 4.20. The second-order valence-electron chi connectivity index (χ2n) is 5.43. The van der Waals surface area contributed by atoms with Crippen LogP contribution in [0.2, 0.25) is 0 Å². The van der Waals surface area contributed by atoms with Crippen LogP contribution < -0.4 is 5.73 Å². The summed E-state index contributed by atoms with van der Waals surface area (Å²) < 4.78 is 0. The standard InChI is InChI=1S/C20H18N2O/c21-18-7-1-15(2-8-18)13-16-3-9-19(10-4-16)22-14-17-5-11-20(23)12-6-17/h1-12,14,23H,13,21H2. The molecule has 0 aliphatic rings. The van der Waals surface area contributed by atoms with Crippen molar-refractivity contribution >= 4 is 17.6 Å². The van der Waals surface area contributed by atoms with Crippen LogP contribution in [0.3, 0.4) is 0 Å². The molecular formula is C20H18N2O. The van der Waals surface area contributed by atoms with Crippen LogP contribution in [0.15, 0.2) is 77.8 Å². The summed E-state index contributed by atoms with van der Waals surface area (Å²) in [5.74, 6) is 0.258.